The summed E-state index contributed by atoms with van der Waals surface area (Å²) in [5.74, 6) is -1.43. The minimum Gasteiger partial charge on any atom is -0.481 e. The quantitative estimate of drug-likeness (QED) is 0.920. The summed E-state index contributed by atoms with van der Waals surface area (Å²) in [7, 11) is 0. The Morgan fingerprint density at radius 1 is 1.23 bits per heavy atom. The van der Waals surface area contributed by atoms with Gasteiger partial charge < -0.3 is 10.0 Å². The van der Waals surface area contributed by atoms with Gasteiger partial charge in [0.05, 0.1) is 11.6 Å². The molecular weight excluding hydrogens is 284 g/mol. The van der Waals surface area contributed by atoms with Crippen LogP contribution in [-0.4, -0.2) is 49.7 Å². The Bertz CT molecular complexity index is 667. The normalized spacial score (nSPS) is 18.2. The molecule has 22 heavy (non-hydrogen) atoms. The van der Waals surface area contributed by atoms with Gasteiger partial charge in [-0.1, -0.05) is 0 Å². The number of rotatable bonds is 3. The minimum atomic E-state index is -0.834. The first kappa shape index (κ1) is 14.2. The molecule has 2 aromatic rings. The van der Waals surface area contributed by atoms with Gasteiger partial charge in [-0.3, -0.25) is 9.59 Å². The average Bonchev–Trinajstić information content (AvgIpc) is 3.09. The van der Waals surface area contributed by atoms with Crippen molar-refractivity contribution < 1.29 is 14.7 Å². The molecule has 1 saturated heterocycles. The molecular formula is C15H16N4O3. The zero-order valence-corrected chi connectivity index (χ0v) is 11.9. The summed E-state index contributed by atoms with van der Waals surface area (Å²) in [6.07, 6.45) is 4.38. The van der Waals surface area contributed by atoms with E-state index in [9.17, 15) is 9.59 Å². The van der Waals surface area contributed by atoms with Gasteiger partial charge in [0.1, 0.15) is 12.7 Å². The third kappa shape index (κ3) is 2.83. The molecule has 7 heteroatoms. The van der Waals surface area contributed by atoms with Crippen LogP contribution in [0.5, 0.6) is 0 Å². The SMILES string of the molecule is O=C(O)[C@H]1CCCN(C(=O)c2ccc(-n3cncn3)cc2)C1. The highest BCUT2D eigenvalue weighted by Gasteiger charge is 2.28. The number of nitrogens with zero attached hydrogens (tertiary/aromatic N) is 4. The van der Waals surface area contributed by atoms with Crippen LogP contribution in [0.3, 0.4) is 0 Å². The van der Waals surface area contributed by atoms with E-state index >= 15 is 0 Å². The topological polar surface area (TPSA) is 88.3 Å². The van der Waals surface area contributed by atoms with Crippen molar-refractivity contribution in [1.82, 2.24) is 19.7 Å². The second-order valence-corrected chi connectivity index (χ2v) is 5.32. The molecule has 1 aliphatic heterocycles. The Hall–Kier alpha value is -2.70. The first-order valence-electron chi connectivity index (χ1n) is 7.12. The molecule has 1 atom stereocenters. The fourth-order valence-electron chi connectivity index (χ4n) is 2.64. The maximum absolute atomic E-state index is 12.5. The van der Waals surface area contributed by atoms with Crippen molar-refractivity contribution in [2.75, 3.05) is 13.1 Å². The molecule has 2 heterocycles. The molecule has 0 bridgehead atoms. The minimum absolute atomic E-state index is 0.129. The molecule has 0 spiro atoms. The number of benzene rings is 1. The summed E-state index contributed by atoms with van der Waals surface area (Å²) in [5, 5.41) is 13.1. The number of amides is 1. The molecule has 0 saturated carbocycles. The van der Waals surface area contributed by atoms with E-state index in [-0.39, 0.29) is 12.5 Å². The molecule has 1 amide bonds. The predicted molar refractivity (Wildman–Crippen MR) is 77.6 cm³/mol. The lowest BCUT2D eigenvalue weighted by molar-refractivity contribution is -0.143. The number of aliphatic carboxylic acids is 1. The van der Waals surface area contributed by atoms with E-state index in [1.165, 1.54) is 6.33 Å². The lowest BCUT2D eigenvalue weighted by atomic mass is 9.97. The van der Waals surface area contributed by atoms with Gasteiger partial charge in [-0.25, -0.2) is 9.67 Å². The predicted octanol–water partition coefficient (Wildman–Crippen LogP) is 1.20. The highest BCUT2D eigenvalue weighted by Crippen LogP contribution is 2.19. The standard InChI is InChI=1S/C15H16N4O3/c20-14(18-7-1-2-12(8-18)15(21)22)11-3-5-13(6-4-11)19-10-16-9-17-19/h3-6,9-10,12H,1-2,7-8H2,(H,21,22)/t12-/m0/s1. The highest BCUT2D eigenvalue weighted by atomic mass is 16.4. The Morgan fingerprint density at radius 3 is 2.64 bits per heavy atom. The highest BCUT2D eigenvalue weighted by molar-refractivity contribution is 5.94. The summed E-state index contributed by atoms with van der Waals surface area (Å²) in [6, 6.07) is 7.04. The summed E-state index contributed by atoms with van der Waals surface area (Å²) >= 11 is 0. The summed E-state index contributed by atoms with van der Waals surface area (Å²) in [5.41, 5.74) is 1.37. The molecule has 7 nitrogen and oxygen atoms in total. The largest absolute Gasteiger partial charge is 0.481 e. The maximum atomic E-state index is 12.5. The third-order valence-electron chi connectivity index (χ3n) is 3.86. The molecule has 0 unspecified atom stereocenters. The molecule has 1 aromatic heterocycles. The Balaban J connectivity index is 1.73. The van der Waals surface area contributed by atoms with Crippen molar-refractivity contribution in [1.29, 1.82) is 0 Å². The summed E-state index contributed by atoms with van der Waals surface area (Å²) in [6.45, 7) is 0.881. The average molecular weight is 300 g/mol. The second-order valence-electron chi connectivity index (χ2n) is 5.32. The van der Waals surface area contributed by atoms with Crippen molar-refractivity contribution in [3.8, 4) is 5.69 Å². The van der Waals surface area contributed by atoms with E-state index in [0.717, 1.165) is 12.1 Å². The van der Waals surface area contributed by atoms with Crippen LogP contribution in [0.4, 0.5) is 0 Å². The van der Waals surface area contributed by atoms with Crippen molar-refractivity contribution in [2.45, 2.75) is 12.8 Å². The number of carboxylic acid groups (broad SMARTS) is 1. The van der Waals surface area contributed by atoms with Crippen LogP contribution in [0.2, 0.25) is 0 Å². The number of carbonyl (C=O) groups excluding carboxylic acids is 1. The summed E-state index contributed by atoms with van der Waals surface area (Å²) < 4.78 is 1.61. The Morgan fingerprint density at radius 2 is 2.00 bits per heavy atom. The van der Waals surface area contributed by atoms with E-state index in [1.54, 1.807) is 40.2 Å². The summed E-state index contributed by atoms with van der Waals surface area (Å²) in [4.78, 5) is 29.0. The maximum Gasteiger partial charge on any atom is 0.308 e. The van der Waals surface area contributed by atoms with Gasteiger partial charge in [-0.2, -0.15) is 5.10 Å². The van der Waals surface area contributed by atoms with Crippen molar-refractivity contribution in [2.24, 2.45) is 5.92 Å². The van der Waals surface area contributed by atoms with Crippen LogP contribution in [0.15, 0.2) is 36.9 Å². The van der Waals surface area contributed by atoms with Gasteiger partial charge in [-0.05, 0) is 37.1 Å². The molecule has 1 aromatic carbocycles. The number of aromatic nitrogens is 3. The zero-order valence-electron chi connectivity index (χ0n) is 11.9. The van der Waals surface area contributed by atoms with Crippen LogP contribution in [-0.2, 0) is 4.79 Å². The number of likely N-dealkylation sites (tertiary alicyclic amines) is 1. The van der Waals surface area contributed by atoms with E-state index in [1.807, 2.05) is 0 Å². The first-order valence-corrected chi connectivity index (χ1v) is 7.12. The Labute approximate surface area is 127 Å². The number of hydrogen-bond acceptors (Lipinski definition) is 4. The van der Waals surface area contributed by atoms with Crippen molar-refractivity contribution >= 4 is 11.9 Å². The van der Waals surface area contributed by atoms with E-state index < -0.39 is 11.9 Å². The molecule has 0 aliphatic carbocycles. The fourth-order valence-corrected chi connectivity index (χ4v) is 2.64. The lowest BCUT2D eigenvalue weighted by Crippen LogP contribution is -2.42. The van der Waals surface area contributed by atoms with Gasteiger partial charge in [0, 0.05) is 18.7 Å². The van der Waals surface area contributed by atoms with Crippen molar-refractivity contribution in [3.05, 3.63) is 42.5 Å². The molecule has 1 aliphatic rings. The first-order chi connectivity index (χ1) is 10.6. The van der Waals surface area contributed by atoms with Gasteiger partial charge >= 0.3 is 5.97 Å². The smallest absolute Gasteiger partial charge is 0.308 e. The second kappa shape index (κ2) is 5.97. The third-order valence-corrected chi connectivity index (χ3v) is 3.86. The van der Waals surface area contributed by atoms with Gasteiger partial charge in [0.15, 0.2) is 0 Å². The van der Waals surface area contributed by atoms with Crippen LogP contribution in [0, 0.1) is 5.92 Å². The van der Waals surface area contributed by atoms with Gasteiger partial charge in [-0.15, -0.1) is 0 Å². The van der Waals surface area contributed by atoms with Gasteiger partial charge in [0.2, 0.25) is 0 Å². The lowest BCUT2D eigenvalue weighted by Gasteiger charge is -2.30. The zero-order chi connectivity index (χ0) is 15.5. The fraction of sp³-hybridized carbons (Fsp3) is 0.333. The molecule has 114 valence electrons. The number of carboxylic acids is 1. The molecule has 0 radical (unpaired) electrons. The van der Waals surface area contributed by atoms with Crippen LogP contribution >= 0.6 is 0 Å². The molecule has 1 N–H and O–H groups in total. The monoisotopic (exact) mass is 300 g/mol. The van der Waals surface area contributed by atoms with Crippen LogP contribution in [0.25, 0.3) is 5.69 Å². The number of hydrogen-bond donors (Lipinski definition) is 1. The molecule has 1 fully saturated rings. The Kier molecular flexibility index (Phi) is 3.86. The number of piperidine rings is 1. The van der Waals surface area contributed by atoms with Crippen LogP contribution < -0.4 is 0 Å². The van der Waals surface area contributed by atoms with Gasteiger partial charge in [0.25, 0.3) is 5.91 Å². The van der Waals surface area contributed by atoms with E-state index in [4.69, 9.17) is 5.11 Å². The van der Waals surface area contributed by atoms with E-state index in [2.05, 4.69) is 10.1 Å². The molecule has 3 rings (SSSR count). The van der Waals surface area contributed by atoms with Crippen molar-refractivity contribution in [3.63, 3.8) is 0 Å². The van der Waals surface area contributed by atoms with Crippen LogP contribution in [0.1, 0.15) is 23.2 Å². The van der Waals surface area contributed by atoms with E-state index in [0.29, 0.717) is 18.5 Å². The number of carbonyl (C=O) groups is 2.